The SMILES string of the molecule is O=C(NCC1(CO)CCCC1)Nc1cccc(F)c1. The number of nitrogens with one attached hydrogen (secondary N) is 2. The van der Waals surface area contributed by atoms with Crippen LogP contribution in [-0.4, -0.2) is 24.3 Å². The van der Waals surface area contributed by atoms with Crippen molar-refractivity contribution in [3.63, 3.8) is 0 Å². The van der Waals surface area contributed by atoms with E-state index in [9.17, 15) is 14.3 Å². The first kappa shape index (κ1) is 13.8. The highest BCUT2D eigenvalue weighted by Gasteiger charge is 2.33. The second-order valence-corrected chi connectivity index (χ2v) is 5.18. The van der Waals surface area contributed by atoms with Gasteiger partial charge in [0.1, 0.15) is 5.82 Å². The van der Waals surface area contributed by atoms with Crippen LogP contribution in [-0.2, 0) is 0 Å². The van der Waals surface area contributed by atoms with Gasteiger partial charge in [0.25, 0.3) is 0 Å². The summed E-state index contributed by atoms with van der Waals surface area (Å²) in [4.78, 5) is 11.7. The van der Waals surface area contributed by atoms with Gasteiger partial charge in [-0.3, -0.25) is 0 Å². The van der Waals surface area contributed by atoms with Gasteiger partial charge >= 0.3 is 6.03 Å². The number of halogens is 1. The molecule has 3 N–H and O–H groups in total. The minimum atomic E-state index is -0.388. The van der Waals surface area contributed by atoms with Gasteiger partial charge in [-0.05, 0) is 31.0 Å². The number of benzene rings is 1. The molecule has 1 aliphatic carbocycles. The highest BCUT2D eigenvalue weighted by Crippen LogP contribution is 2.36. The van der Waals surface area contributed by atoms with Crippen LogP contribution in [0.3, 0.4) is 0 Å². The number of hydrogen-bond acceptors (Lipinski definition) is 2. The maximum atomic E-state index is 13.0. The average Bonchev–Trinajstić information content (AvgIpc) is 2.86. The van der Waals surface area contributed by atoms with E-state index in [-0.39, 0.29) is 23.9 Å². The predicted octanol–water partition coefficient (Wildman–Crippen LogP) is 2.50. The molecule has 0 bridgehead atoms. The molecule has 1 aromatic carbocycles. The Bertz CT molecular complexity index is 445. The van der Waals surface area contributed by atoms with Crippen molar-refractivity contribution in [1.29, 1.82) is 0 Å². The molecule has 2 amide bonds. The van der Waals surface area contributed by atoms with E-state index in [0.717, 1.165) is 25.7 Å². The normalized spacial score (nSPS) is 17.2. The summed E-state index contributed by atoms with van der Waals surface area (Å²) in [6.07, 6.45) is 4.05. The first-order valence-electron chi connectivity index (χ1n) is 6.55. The molecule has 1 saturated carbocycles. The van der Waals surface area contributed by atoms with Gasteiger partial charge in [0.15, 0.2) is 0 Å². The molecule has 0 aromatic heterocycles. The minimum Gasteiger partial charge on any atom is -0.396 e. The third-order valence-corrected chi connectivity index (χ3v) is 3.71. The second kappa shape index (κ2) is 6.02. The fourth-order valence-electron chi connectivity index (χ4n) is 2.53. The number of carbonyl (C=O) groups is 1. The van der Waals surface area contributed by atoms with E-state index in [2.05, 4.69) is 10.6 Å². The van der Waals surface area contributed by atoms with Gasteiger partial charge in [0.2, 0.25) is 0 Å². The van der Waals surface area contributed by atoms with E-state index < -0.39 is 0 Å². The van der Waals surface area contributed by atoms with Gasteiger partial charge < -0.3 is 15.7 Å². The lowest BCUT2D eigenvalue weighted by molar-refractivity contribution is 0.130. The summed E-state index contributed by atoms with van der Waals surface area (Å²) in [5, 5.41) is 14.8. The van der Waals surface area contributed by atoms with E-state index in [4.69, 9.17) is 0 Å². The number of aliphatic hydroxyl groups is 1. The van der Waals surface area contributed by atoms with Crippen molar-refractivity contribution in [2.45, 2.75) is 25.7 Å². The molecular formula is C14H19FN2O2. The van der Waals surface area contributed by atoms with Crippen LogP contribution in [0.1, 0.15) is 25.7 Å². The fraction of sp³-hybridized carbons (Fsp3) is 0.500. The third-order valence-electron chi connectivity index (χ3n) is 3.71. The summed E-state index contributed by atoms with van der Waals surface area (Å²) in [6.45, 7) is 0.540. The zero-order chi connectivity index (χ0) is 13.7. The van der Waals surface area contributed by atoms with Crippen LogP contribution in [0.5, 0.6) is 0 Å². The maximum Gasteiger partial charge on any atom is 0.319 e. The monoisotopic (exact) mass is 266 g/mol. The number of carbonyl (C=O) groups excluding carboxylic acids is 1. The fourth-order valence-corrected chi connectivity index (χ4v) is 2.53. The second-order valence-electron chi connectivity index (χ2n) is 5.18. The standard InChI is InChI=1S/C14H19FN2O2/c15-11-4-3-5-12(8-11)17-13(19)16-9-14(10-18)6-1-2-7-14/h3-5,8,18H,1-2,6-7,9-10H2,(H2,16,17,19). The average molecular weight is 266 g/mol. The summed E-state index contributed by atoms with van der Waals surface area (Å²) >= 11 is 0. The molecule has 19 heavy (non-hydrogen) atoms. The molecule has 0 saturated heterocycles. The molecular weight excluding hydrogens is 247 g/mol. The molecule has 2 rings (SSSR count). The Morgan fingerprint density at radius 3 is 2.74 bits per heavy atom. The Morgan fingerprint density at radius 1 is 1.37 bits per heavy atom. The van der Waals surface area contributed by atoms with Gasteiger partial charge in [0, 0.05) is 17.6 Å². The summed E-state index contributed by atoms with van der Waals surface area (Å²) in [7, 11) is 0. The van der Waals surface area contributed by atoms with Crippen LogP contribution in [0.4, 0.5) is 14.9 Å². The highest BCUT2D eigenvalue weighted by atomic mass is 19.1. The Morgan fingerprint density at radius 2 is 2.11 bits per heavy atom. The van der Waals surface area contributed by atoms with Crippen LogP contribution in [0, 0.1) is 11.2 Å². The van der Waals surface area contributed by atoms with Gasteiger partial charge in [-0.2, -0.15) is 0 Å². The van der Waals surface area contributed by atoms with Crippen LogP contribution in [0.2, 0.25) is 0 Å². The molecule has 104 valence electrons. The van der Waals surface area contributed by atoms with E-state index >= 15 is 0 Å². The number of aliphatic hydroxyl groups excluding tert-OH is 1. The van der Waals surface area contributed by atoms with Crippen molar-refractivity contribution in [1.82, 2.24) is 5.32 Å². The Hall–Kier alpha value is -1.62. The van der Waals surface area contributed by atoms with E-state index in [1.54, 1.807) is 6.07 Å². The Kier molecular flexibility index (Phi) is 4.37. The van der Waals surface area contributed by atoms with Crippen molar-refractivity contribution < 1.29 is 14.3 Å². The number of hydrogen-bond donors (Lipinski definition) is 3. The number of anilines is 1. The summed E-state index contributed by atoms with van der Waals surface area (Å²) in [5.41, 5.74) is 0.237. The Balaban J connectivity index is 1.84. The largest absolute Gasteiger partial charge is 0.396 e. The van der Waals surface area contributed by atoms with Gasteiger partial charge in [0.05, 0.1) is 6.61 Å². The van der Waals surface area contributed by atoms with Crippen molar-refractivity contribution in [2.75, 3.05) is 18.5 Å². The number of rotatable bonds is 4. The first-order valence-corrected chi connectivity index (χ1v) is 6.55. The molecule has 0 heterocycles. The zero-order valence-corrected chi connectivity index (χ0v) is 10.8. The Labute approximate surface area is 112 Å². The first-order chi connectivity index (χ1) is 9.13. The van der Waals surface area contributed by atoms with E-state index in [1.807, 2.05) is 0 Å². The summed E-state index contributed by atoms with van der Waals surface area (Å²) < 4.78 is 13.0. The van der Waals surface area contributed by atoms with Crippen LogP contribution < -0.4 is 10.6 Å². The van der Waals surface area contributed by atoms with E-state index in [1.165, 1.54) is 18.2 Å². The van der Waals surface area contributed by atoms with Gasteiger partial charge in [-0.25, -0.2) is 9.18 Å². The van der Waals surface area contributed by atoms with Crippen molar-refractivity contribution in [3.05, 3.63) is 30.1 Å². The number of amides is 2. The maximum absolute atomic E-state index is 13.0. The lowest BCUT2D eigenvalue weighted by Gasteiger charge is -2.26. The van der Waals surface area contributed by atoms with E-state index in [0.29, 0.717) is 12.2 Å². The number of urea groups is 1. The predicted molar refractivity (Wildman–Crippen MR) is 71.4 cm³/mol. The molecule has 1 fully saturated rings. The van der Waals surface area contributed by atoms with Gasteiger partial charge in [-0.15, -0.1) is 0 Å². The third kappa shape index (κ3) is 3.67. The molecule has 0 unspecified atom stereocenters. The minimum absolute atomic E-state index is 0.0905. The topological polar surface area (TPSA) is 61.4 Å². The lowest BCUT2D eigenvalue weighted by Crippen LogP contribution is -2.40. The summed E-state index contributed by atoms with van der Waals surface area (Å²) in [6, 6.07) is 5.38. The molecule has 5 heteroatoms. The molecule has 0 spiro atoms. The van der Waals surface area contributed by atoms with Crippen LogP contribution in [0.25, 0.3) is 0 Å². The van der Waals surface area contributed by atoms with Crippen molar-refractivity contribution in [3.8, 4) is 0 Å². The van der Waals surface area contributed by atoms with Gasteiger partial charge in [-0.1, -0.05) is 18.9 Å². The summed E-state index contributed by atoms with van der Waals surface area (Å²) in [5.74, 6) is -0.388. The zero-order valence-electron chi connectivity index (χ0n) is 10.8. The van der Waals surface area contributed by atoms with Crippen molar-refractivity contribution >= 4 is 11.7 Å². The lowest BCUT2D eigenvalue weighted by atomic mass is 9.87. The van der Waals surface area contributed by atoms with Crippen molar-refractivity contribution in [2.24, 2.45) is 5.41 Å². The molecule has 1 aromatic rings. The quantitative estimate of drug-likeness (QED) is 0.784. The van der Waals surface area contributed by atoms with Crippen LogP contribution >= 0.6 is 0 Å². The molecule has 4 nitrogen and oxygen atoms in total. The highest BCUT2D eigenvalue weighted by molar-refractivity contribution is 5.89. The molecule has 0 radical (unpaired) electrons. The molecule has 1 aliphatic rings. The smallest absolute Gasteiger partial charge is 0.319 e. The molecule has 0 aliphatic heterocycles. The van der Waals surface area contributed by atoms with Crippen LogP contribution in [0.15, 0.2) is 24.3 Å². The molecule has 0 atom stereocenters.